The molecule has 1 nitrogen and oxygen atoms in total. The Bertz CT molecular complexity index is 307. The molecule has 0 radical (unpaired) electrons. The van der Waals surface area contributed by atoms with Crippen molar-refractivity contribution in [2.45, 2.75) is 19.4 Å². The molecule has 1 aromatic carbocycles. The van der Waals surface area contributed by atoms with Crippen molar-refractivity contribution in [2.24, 2.45) is 0 Å². The number of hydrogen-bond donors (Lipinski definition) is 1. The summed E-state index contributed by atoms with van der Waals surface area (Å²) in [5.74, 6) is -0.289. The molecule has 0 aliphatic heterocycles. The Morgan fingerprint density at radius 2 is 2.13 bits per heavy atom. The summed E-state index contributed by atoms with van der Waals surface area (Å²) in [6.45, 7) is 1.65. The molecule has 0 heterocycles. The van der Waals surface area contributed by atoms with Crippen LogP contribution in [0.3, 0.4) is 0 Å². The SMILES string of the molecule is Fc1ccc(CNCCCCBr)c(Cl)c1. The summed E-state index contributed by atoms with van der Waals surface area (Å²) in [4.78, 5) is 0. The maximum Gasteiger partial charge on any atom is 0.124 e. The van der Waals surface area contributed by atoms with Gasteiger partial charge in [0.15, 0.2) is 0 Å². The van der Waals surface area contributed by atoms with Crippen molar-refractivity contribution in [3.63, 3.8) is 0 Å². The summed E-state index contributed by atoms with van der Waals surface area (Å²) < 4.78 is 12.7. The van der Waals surface area contributed by atoms with Gasteiger partial charge in [-0.3, -0.25) is 0 Å². The van der Waals surface area contributed by atoms with E-state index in [1.807, 2.05) is 0 Å². The number of hydrogen-bond acceptors (Lipinski definition) is 1. The molecule has 0 atom stereocenters. The van der Waals surface area contributed by atoms with Gasteiger partial charge in [0.05, 0.1) is 0 Å². The number of alkyl halides is 1. The highest BCUT2D eigenvalue weighted by atomic mass is 79.9. The number of rotatable bonds is 6. The fourth-order valence-electron chi connectivity index (χ4n) is 1.23. The molecule has 0 saturated carbocycles. The zero-order valence-electron chi connectivity index (χ0n) is 8.40. The van der Waals surface area contributed by atoms with Crippen molar-refractivity contribution in [2.75, 3.05) is 11.9 Å². The van der Waals surface area contributed by atoms with Gasteiger partial charge in [-0.2, -0.15) is 0 Å². The molecular weight excluding hydrogens is 280 g/mol. The molecule has 0 bridgehead atoms. The minimum atomic E-state index is -0.289. The second kappa shape index (κ2) is 7.20. The van der Waals surface area contributed by atoms with Crippen LogP contribution in [0.2, 0.25) is 5.02 Å². The van der Waals surface area contributed by atoms with Gasteiger partial charge in [0.1, 0.15) is 5.82 Å². The van der Waals surface area contributed by atoms with Gasteiger partial charge in [-0.05, 0) is 37.1 Å². The molecule has 0 saturated heterocycles. The van der Waals surface area contributed by atoms with Gasteiger partial charge >= 0.3 is 0 Å². The zero-order valence-corrected chi connectivity index (χ0v) is 10.7. The van der Waals surface area contributed by atoms with Crippen molar-refractivity contribution in [1.29, 1.82) is 0 Å². The van der Waals surface area contributed by atoms with Crippen LogP contribution < -0.4 is 5.32 Å². The lowest BCUT2D eigenvalue weighted by atomic mass is 10.2. The first-order valence-corrected chi connectivity index (χ1v) is 6.44. The lowest BCUT2D eigenvalue weighted by molar-refractivity contribution is 0.622. The summed E-state index contributed by atoms with van der Waals surface area (Å²) in [6.07, 6.45) is 2.29. The Labute approximate surface area is 103 Å². The first kappa shape index (κ1) is 12.9. The van der Waals surface area contributed by atoms with Gasteiger partial charge in [0, 0.05) is 16.9 Å². The minimum absolute atomic E-state index is 0.289. The molecule has 1 aromatic rings. The van der Waals surface area contributed by atoms with E-state index in [0.29, 0.717) is 11.6 Å². The first-order chi connectivity index (χ1) is 7.24. The van der Waals surface area contributed by atoms with E-state index in [-0.39, 0.29) is 5.82 Å². The molecule has 0 unspecified atom stereocenters. The number of benzene rings is 1. The standard InChI is InChI=1S/C11H14BrClFN/c12-5-1-2-6-15-8-9-3-4-10(14)7-11(9)13/h3-4,7,15H,1-2,5-6,8H2. The molecule has 84 valence electrons. The maximum absolute atomic E-state index is 12.7. The number of unbranched alkanes of at least 4 members (excludes halogenated alkanes) is 1. The van der Waals surface area contributed by atoms with E-state index in [9.17, 15) is 4.39 Å². The van der Waals surface area contributed by atoms with Crippen LogP contribution in [0.15, 0.2) is 18.2 Å². The third-order valence-electron chi connectivity index (χ3n) is 2.07. The number of halogens is 3. The quantitative estimate of drug-likeness (QED) is 0.622. The Hall–Kier alpha value is -0.120. The van der Waals surface area contributed by atoms with Crippen LogP contribution >= 0.6 is 27.5 Å². The molecule has 0 aliphatic rings. The molecule has 15 heavy (non-hydrogen) atoms. The molecule has 0 spiro atoms. The van der Waals surface area contributed by atoms with Crippen LogP contribution in [0.1, 0.15) is 18.4 Å². The van der Waals surface area contributed by atoms with E-state index in [2.05, 4.69) is 21.2 Å². The van der Waals surface area contributed by atoms with Crippen molar-refractivity contribution >= 4 is 27.5 Å². The van der Waals surface area contributed by atoms with Gasteiger partial charge in [0.2, 0.25) is 0 Å². The average molecular weight is 295 g/mol. The van der Waals surface area contributed by atoms with E-state index in [4.69, 9.17) is 11.6 Å². The highest BCUT2D eigenvalue weighted by Gasteiger charge is 2.00. The van der Waals surface area contributed by atoms with Gasteiger partial charge in [-0.25, -0.2) is 4.39 Å². The number of nitrogens with one attached hydrogen (secondary N) is 1. The van der Waals surface area contributed by atoms with E-state index >= 15 is 0 Å². The van der Waals surface area contributed by atoms with Crippen LogP contribution in [-0.4, -0.2) is 11.9 Å². The third-order valence-corrected chi connectivity index (χ3v) is 2.98. The predicted octanol–water partition coefficient (Wildman–Crippen LogP) is 3.74. The largest absolute Gasteiger partial charge is 0.313 e. The predicted molar refractivity (Wildman–Crippen MR) is 66.1 cm³/mol. The van der Waals surface area contributed by atoms with E-state index in [1.165, 1.54) is 12.1 Å². The van der Waals surface area contributed by atoms with E-state index in [0.717, 1.165) is 30.3 Å². The van der Waals surface area contributed by atoms with Gasteiger partial charge < -0.3 is 5.32 Å². The van der Waals surface area contributed by atoms with Gasteiger partial charge in [-0.15, -0.1) is 0 Å². The maximum atomic E-state index is 12.7. The second-order valence-electron chi connectivity index (χ2n) is 3.31. The third kappa shape index (κ3) is 4.96. The van der Waals surface area contributed by atoms with Crippen LogP contribution in [0, 0.1) is 5.82 Å². The van der Waals surface area contributed by atoms with E-state index in [1.54, 1.807) is 6.07 Å². The Morgan fingerprint density at radius 1 is 1.33 bits per heavy atom. The molecular formula is C11H14BrClFN. The van der Waals surface area contributed by atoms with Crippen molar-refractivity contribution in [3.05, 3.63) is 34.6 Å². The van der Waals surface area contributed by atoms with Crippen molar-refractivity contribution in [1.82, 2.24) is 5.32 Å². The van der Waals surface area contributed by atoms with Gasteiger partial charge in [-0.1, -0.05) is 33.6 Å². The fraction of sp³-hybridized carbons (Fsp3) is 0.455. The lowest BCUT2D eigenvalue weighted by Gasteiger charge is -2.06. The topological polar surface area (TPSA) is 12.0 Å². The summed E-state index contributed by atoms with van der Waals surface area (Å²) in [5.41, 5.74) is 0.942. The van der Waals surface area contributed by atoms with Crippen LogP contribution in [0.5, 0.6) is 0 Å². The van der Waals surface area contributed by atoms with Crippen LogP contribution in [-0.2, 0) is 6.54 Å². The lowest BCUT2D eigenvalue weighted by Crippen LogP contribution is -2.15. The molecule has 1 rings (SSSR count). The zero-order chi connectivity index (χ0) is 11.1. The molecule has 1 N–H and O–H groups in total. The smallest absolute Gasteiger partial charge is 0.124 e. The van der Waals surface area contributed by atoms with Crippen LogP contribution in [0.4, 0.5) is 4.39 Å². The van der Waals surface area contributed by atoms with Crippen molar-refractivity contribution < 1.29 is 4.39 Å². The summed E-state index contributed by atoms with van der Waals surface area (Å²) >= 11 is 9.26. The monoisotopic (exact) mass is 293 g/mol. The van der Waals surface area contributed by atoms with Crippen molar-refractivity contribution in [3.8, 4) is 0 Å². The summed E-state index contributed by atoms with van der Waals surface area (Å²) in [7, 11) is 0. The summed E-state index contributed by atoms with van der Waals surface area (Å²) in [6, 6.07) is 4.49. The molecule has 0 amide bonds. The molecule has 0 fully saturated rings. The fourth-order valence-corrected chi connectivity index (χ4v) is 1.86. The van der Waals surface area contributed by atoms with E-state index < -0.39 is 0 Å². The normalized spacial score (nSPS) is 10.6. The average Bonchev–Trinajstić information content (AvgIpc) is 2.20. The minimum Gasteiger partial charge on any atom is -0.313 e. The second-order valence-corrected chi connectivity index (χ2v) is 4.51. The molecule has 0 aliphatic carbocycles. The summed E-state index contributed by atoms with van der Waals surface area (Å²) in [5, 5.41) is 4.79. The Kier molecular flexibility index (Phi) is 6.22. The molecule has 0 aromatic heterocycles. The highest BCUT2D eigenvalue weighted by molar-refractivity contribution is 9.09. The van der Waals surface area contributed by atoms with Crippen LogP contribution in [0.25, 0.3) is 0 Å². The Morgan fingerprint density at radius 3 is 2.80 bits per heavy atom. The highest BCUT2D eigenvalue weighted by Crippen LogP contribution is 2.16. The first-order valence-electron chi connectivity index (χ1n) is 4.94. The molecule has 4 heteroatoms. The Balaban J connectivity index is 2.31. The van der Waals surface area contributed by atoms with Gasteiger partial charge in [0.25, 0.3) is 0 Å².